The molecule has 2 heterocycles. The van der Waals surface area contributed by atoms with E-state index in [2.05, 4.69) is 11.4 Å². The molecule has 0 aromatic carbocycles. The molecule has 0 radical (unpaired) electrons. The van der Waals surface area contributed by atoms with Crippen molar-refractivity contribution in [3.05, 3.63) is 0 Å². The molecule has 2 saturated heterocycles. The van der Waals surface area contributed by atoms with E-state index in [-0.39, 0.29) is 37.8 Å². The van der Waals surface area contributed by atoms with E-state index < -0.39 is 47.6 Å². The monoisotopic (exact) mass is 422 g/mol. The Kier molecular flexibility index (Phi) is 6.95. The molecule has 0 bridgehead atoms. The molecule has 0 spiro atoms. The Labute approximate surface area is 176 Å². The molecule has 30 heavy (non-hydrogen) atoms. The third-order valence-corrected chi connectivity index (χ3v) is 5.12. The molecule has 0 aliphatic carbocycles. The smallest absolute Gasteiger partial charge is 0.411 e. The van der Waals surface area contributed by atoms with Gasteiger partial charge in [0.25, 0.3) is 0 Å². The zero-order valence-corrected chi connectivity index (χ0v) is 18.0. The normalized spacial score (nSPS) is 26.4. The minimum atomic E-state index is -1.12. The summed E-state index contributed by atoms with van der Waals surface area (Å²) in [6.45, 7) is 8.68. The van der Waals surface area contributed by atoms with Gasteiger partial charge < -0.3 is 20.1 Å². The third-order valence-electron chi connectivity index (χ3n) is 5.12. The molecule has 10 nitrogen and oxygen atoms in total. The molecule has 166 valence electrons. The molecule has 2 N–H and O–H groups in total. The first-order chi connectivity index (χ1) is 13.8. The number of rotatable bonds is 4. The highest BCUT2D eigenvalue weighted by Crippen LogP contribution is 2.27. The quantitative estimate of drug-likeness (QED) is 0.687. The van der Waals surface area contributed by atoms with Crippen molar-refractivity contribution in [3.63, 3.8) is 0 Å². The second-order valence-corrected chi connectivity index (χ2v) is 9.15. The highest BCUT2D eigenvalue weighted by atomic mass is 16.6. The molecule has 3 amide bonds. The Hall–Kier alpha value is -2.83. The Balaban J connectivity index is 2.11. The summed E-state index contributed by atoms with van der Waals surface area (Å²) in [6, 6.07) is -0.364. The number of nitrogens with one attached hydrogen (secondary N) is 1. The number of carboxylic acid groups (broad SMARTS) is 1. The van der Waals surface area contributed by atoms with Crippen LogP contribution in [0.4, 0.5) is 4.79 Å². The van der Waals surface area contributed by atoms with Gasteiger partial charge in [-0.05, 0) is 27.2 Å². The highest BCUT2D eigenvalue weighted by molar-refractivity contribution is 5.88. The second kappa shape index (κ2) is 8.90. The van der Waals surface area contributed by atoms with Gasteiger partial charge in [0.2, 0.25) is 11.8 Å². The lowest BCUT2D eigenvalue weighted by atomic mass is 10.1. The number of carbonyl (C=O) groups excluding carboxylic acids is 3. The SMILES string of the molecule is CC(C)C(=O)N1C[C@H](NC(=O)[C@@H]2C[C@H](C#N)CN2C(=O)OC(C)(C)C)C[C@@H]1C(=O)O. The van der Waals surface area contributed by atoms with Crippen molar-refractivity contribution in [3.8, 4) is 6.07 Å². The maximum Gasteiger partial charge on any atom is 0.411 e. The molecule has 0 saturated carbocycles. The largest absolute Gasteiger partial charge is 0.480 e. The van der Waals surface area contributed by atoms with E-state index in [1.807, 2.05) is 0 Å². The number of ether oxygens (including phenoxy) is 1. The van der Waals surface area contributed by atoms with Gasteiger partial charge in [0.1, 0.15) is 17.7 Å². The number of hydrogen-bond acceptors (Lipinski definition) is 6. The summed E-state index contributed by atoms with van der Waals surface area (Å²) < 4.78 is 5.36. The van der Waals surface area contributed by atoms with Gasteiger partial charge in [-0.3, -0.25) is 14.5 Å². The van der Waals surface area contributed by atoms with Gasteiger partial charge in [0.05, 0.1) is 12.0 Å². The zero-order chi connectivity index (χ0) is 22.8. The summed E-state index contributed by atoms with van der Waals surface area (Å²) >= 11 is 0. The third kappa shape index (κ3) is 5.40. The van der Waals surface area contributed by atoms with Crippen molar-refractivity contribution in [2.24, 2.45) is 11.8 Å². The fourth-order valence-corrected chi connectivity index (χ4v) is 3.75. The van der Waals surface area contributed by atoms with Gasteiger partial charge in [-0.1, -0.05) is 13.8 Å². The first-order valence-corrected chi connectivity index (χ1v) is 10.1. The first kappa shape index (κ1) is 23.4. The molecule has 0 unspecified atom stereocenters. The summed E-state index contributed by atoms with van der Waals surface area (Å²) in [6.07, 6.45) is -0.419. The summed E-state index contributed by atoms with van der Waals surface area (Å²) in [5.74, 6) is -2.76. The van der Waals surface area contributed by atoms with E-state index in [0.29, 0.717) is 0 Å². The molecule has 4 atom stereocenters. The predicted molar refractivity (Wildman–Crippen MR) is 105 cm³/mol. The fraction of sp³-hybridized carbons (Fsp3) is 0.750. The Morgan fingerprint density at radius 2 is 1.73 bits per heavy atom. The van der Waals surface area contributed by atoms with Crippen molar-refractivity contribution < 1.29 is 29.0 Å². The van der Waals surface area contributed by atoms with Crippen molar-refractivity contribution in [2.45, 2.75) is 71.2 Å². The molecule has 2 fully saturated rings. The molecule has 2 aliphatic heterocycles. The van der Waals surface area contributed by atoms with Crippen LogP contribution in [0, 0.1) is 23.2 Å². The van der Waals surface area contributed by atoms with E-state index >= 15 is 0 Å². The maximum atomic E-state index is 12.9. The number of amides is 3. The summed E-state index contributed by atoms with van der Waals surface area (Å²) in [5, 5.41) is 21.5. The molecule has 2 rings (SSSR count). The summed E-state index contributed by atoms with van der Waals surface area (Å²) in [7, 11) is 0. The average Bonchev–Trinajstić information content (AvgIpc) is 3.23. The van der Waals surface area contributed by atoms with Gasteiger partial charge in [-0.25, -0.2) is 9.59 Å². The lowest BCUT2D eigenvalue weighted by Crippen LogP contribution is -2.50. The second-order valence-electron chi connectivity index (χ2n) is 9.15. The van der Waals surface area contributed by atoms with Crippen molar-refractivity contribution in [2.75, 3.05) is 13.1 Å². The van der Waals surface area contributed by atoms with Crippen LogP contribution in [0.3, 0.4) is 0 Å². The number of nitrogens with zero attached hydrogens (tertiary/aromatic N) is 3. The minimum absolute atomic E-state index is 0.0837. The van der Waals surface area contributed by atoms with Crippen LogP contribution in [-0.2, 0) is 19.1 Å². The number of carboxylic acids is 1. The summed E-state index contributed by atoms with van der Waals surface area (Å²) in [5.41, 5.74) is -0.749. The standard InChI is InChI=1S/C20H30N4O6/c1-11(2)17(26)23-10-13(7-15(23)18(27)28)22-16(25)14-6-12(8-21)9-24(14)19(29)30-20(3,4)5/h11-15H,6-7,9-10H2,1-5H3,(H,22,25)(H,27,28)/t12-,13-,14+,15-/m1/s1. The number of aliphatic carboxylic acids is 1. The Bertz CT molecular complexity index is 753. The van der Waals surface area contributed by atoms with Gasteiger partial charge in [-0.15, -0.1) is 0 Å². The van der Waals surface area contributed by atoms with Gasteiger partial charge in [0.15, 0.2) is 0 Å². The van der Waals surface area contributed by atoms with Crippen molar-refractivity contribution >= 4 is 23.9 Å². The van der Waals surface area contributed by atoms with E-state index in [4.69, 9.17) is 4.74 Å². The minimum Gasteiger partial charge on any atom is -0.480 e. The molecule has 0 aromatic rings. The highest BCUT2D eigenvalue weighted by Gasteiger charge is 2.45. The molecule has 10 heteroatoms. The first-order valence-electron chi connectivity index (χ1n) is 10.1. The van der Waals surface area contributed by atoms with Crippen LogP contribution >= 0.6 is 0 Å². The molecular weight excluding hydrogens is 392 g/mol. The van der Waals surface area contributed by atoms with Gasteiger partial charge in [-0.2, -0.15) is 5.26 Å². The van der Waals surface area contributed by atoms with Crippen LogP contribution in [0.2, 0.25) is 0 Å². The van der Waals surface area contributed by atoms with Gasteiger partial charge in [0, 0.05) is 31.5 Å². The van der Waals surface area contributed by atoms with E-state index in [0.717, 1.165) is 0 Å². The lowest BCUT2D eigenvalue weighted by molar-refractivity contribution is -0.149. The fourth-order valence-electron chi connectivity index (χ4n) is 3.75. The van der Waals surface area contributed by atoms with E-state index in [1.165, 1.54) is 9.80 Å². The van der Waals surface area contributed by atoms with Crippen LogP contribution in [0.15, 0.2) is 0 Å². The average molecular weight is 422 g/mol. The Morgan fingerprint density at radius 3 is 2.23 bits per heavy atom. The van der Waals surface area contributed by atoms with Crippen LogP contribution in [-0.4, -0.2) is 75.6 Å². The van der Waals surface area contributed by atoms with E-state index in [9.17, 15) is 29.5 Å². The van der Waals surface area contributed by atoms with Crippen LogP contribution < -0.4 is 5.32 Å². The predicted octanol–water partition coefficient (Wildman–Crippen LogP) is 0.962. The molecule has 0 aromatic heterocycles. The van der Waals surface area contributed by atoms with Crippen LogP contribution in [0.5, 0.6) is 0 Å². The van der Waals surface area contributed by atoms with Crippen molar-refractivity contribution in [1.82, 2.24) is 15.1 Å². The number of likely N-dealkylation sites (tertiary alicyclic amines) is 2. The number of nitriles is 1. The topological polar surface area (TPSA) is 140 Å². The summed E-state index contributed by atoms with van der Waals surface area (Å²) in [4.78, 5) is 51.9. The maximum absolute atomic E-state index is 12.9. The zero-order valence-electron chi connectivity index (χ0n) is 18.0. The van der Waals surface area contributed by atoms with Gasteiger partial charge >= 0.3 is 12.1 Å². The van der Waals surface area contributed by atoms with Crippen molar-refractivity contribution in [1.29, 1.82) is 5.26 Å². The number of hydrogen-bond donors (Lipinski definition) is 2. The molecular formula is C20H30N4O6. The lowest BCUT2D eigenvalue weighted by Gasteiger charge is -2.28. The Morgan fingerprint density at radius 1 is 1.10 bits per heavy atom. The van der Waals surface area contributed by atoms with Crippen LogP contribution in [0.1, 0.15) is 47.5 Å². The molecule has 2 aliphatic rings. The van der Waals surface area contributed by atoms with Crippen LogP contribution in [0.25, 0.3) is 0 Å². The number of carbonyl (C=O) groups is 4. The van der Waals surface area contributed by atoms with E-state index in [1.54, 1.807) is 34.6 Å².